The maximum atomic E-state index is 14.4. The summed E-state index contributed by atoms with van der Waals surface area (Å²) in [6.45, 7) is 9.53. The Labute approximate surface area is 292 Å². The van der Waals surface area contributed by atoms with Crippen molar-refractivity contribution in [2.24, 2.45) is 5.92 Å². The van der Waals surface area contributed by atoms with Crippen molar-refractivity contribution >= 4 is 44.9 Å². The minimum Gasteiger partial charge on any atom is -0.490 e. The lowest BCUT2D eigenvalue weighted by molar-refractivity contribution is -0.0115. The molecule has 268 valence electrons. The molecular formula is C34H46ClN5O8S. The van der Waals surface area contributed by atoms with E-state index in [0.717, 1.165) is 12.8 Å². The summed E-state index contributed by atoms with van der Waals surface area (Å²) in [6.07, 6.45) is 1.50. The molecule has 0 aliphatic carbocycles. The number of nitrogens with one attached hydrogen (secondary N) is 2. The van der Waals surface area contributed by atoms with E-state index in [0.29, 0.717) is 40.9 Å². The van der Waals surface area contributed by atoms with E-state index in [1.165, 1.54) is 40.1 Å². The van der Waals surface area contributed by atoms with E-state index in [1.54, 1.807) is 40.0 Å². The summed E-state index contributed by atoms with van der Waals surface area (Å²) >= 11 is 5.95. The second-order valence-electron chi connectivity index (χ2n) is 12.6. The van der Waals surface area contributed by atoms with E-state index >= 15 is 0 Å². The first-order valence-electron chi connectivity index (χ1n) is 16.3. The van der Waals surface area contributed by atoms with Crippen molar-refractivity contribution in [2.75, 3.05) is 43.4 Å². The van der Waals surface area contributed by atoms with Gasteiger partial charge in [0.05, 0.1) is 35.3 Å². The predicted octanol–water partition coefficient (Wildman–Crippen LogP) is 5.71. The molecule has 0 spiro atoms. The summed E-state index contributed by atoms with van der Waals surface area (Å²) < 4.78 is 46.7. The zero-order chi connectivity index (χ0) is 35.9. The van der Waals surface area contributed by atoms with Crippen LogP contribution in [0.5, 0.6) is 5.75 Å². The van der Waals surface area contributed by atoms with Crippen LogP contribution in [-0.4, -0.2) is 92.0 Å². The highest BCUT2D eigenvalue weighted by molar-refractivity contribution is 7.92. The Kier molecular flexibility index (Phi) is 12.9. The fourth-order valence-corrected chi connectivity index (χ4v) is 6.67. The highest BCUT2D eigenvalue weighted by atomic mass is 35.5. The Morgan fingerprint density at radius 2 is 1.88 bits per heavy atom. The van der Waals surface area contributed by atoms with Gasteiger partial charge in [-0.3, -0.25) is 9.52 Å². The maximum absolute atomic E-state index is 14.4. The van der Waals surface area contributed by atoms with Gasteiger partial charge in [-0.15, -0.1) is 0 Å². The lowest BCUT2D eigenvalue weighted by Gasteiger charge is -2.35. The molecule has 4 atom stereocenters. The zero-order valence-corrected chi connectivity index (χ0v) is 30.3. The standard InChI is InChI=1S/C34H46ClN5O8S/c1-21-18-40(22(2)20-41)33(42)29-17-27(38-49(44,45)28-13-10-26(35)11-14-28)12-15-30(29)47-23(3)9-7-8-16-46-31(21)19-39(6)34(43)36-32-24(4)37-48-25(32)5/h10-15,17,21-23,31,38,41H,7-9,16,18-20H2,1-6H3,(H,36,43)/t21-,22+,23-,31-/m0/s1. The van der Waals surface area contributed by atoms with Gasteiger partial charge < -0.3 is 34.2 Å². The molecule has 4 rings (SSSR count). The van der Waals surface area contributed by atoms with Gasteiger partial charge in [0.2, 0.25) is 0 Å². The van der Waals surface area contributed by atoms with Gasteiger partial charge in [-0.25, -0.2) is 13.2 Å². The summed E-state index contributed by atoms with van der Waals surface area (Å²) in [5.41, 5.74) is 1.38. The number of fused-ring (bicyclic) bond motifs is 1. The number of aryl methyl sites for hydroxylation is 2. The summed E-state index contributed by atoms with van der Waals surface area (Å²) in [5.74, 6) is 0.0530. The van der Waals surface area contributed by atoms with Crippen molar-refractivity contribution in [1.82, 2.24) is 15.0 Å². The first-order valence-corrected chi connectivity index (χ1v) is 18.1. The largest absolute Gasteiger partial charge is 0.490 e. The first kappa shape index (κ1) is 38.0. The molecule has 15 heteroatoms. The molecule has 13 nitrogen and oxygen atoms in total. The van der Waals surface area contributed by atoms with Crippen molar-refractivity contribution in [3.05, 3.63) is 64.5 Å². The number of aromatic nitrogens is 1. The Bertz CT molecular complexity index is 1680. The highest BCUT2D eigenvalue weighted by Crippen LogP contribution is 2.30. The number of aliphatic hydroxyl groups is 1. The Morgan fingerprint density at radius 3 is 2.53 bits per heavy atom. The van der Waals surface area contributed by atoms with Gasteiger partial charge in [-0.1, -0.05) is 23.7 Å². The topological polar surface area (TPSA) is 164 Å². The number of hydrogen-bond donors (Lipinski definition) is 3. The number of nitrogens with zero attached hydrogens (tertiary/aromatic N) is 3. The smallest absolute Gasteiger partial charge is 0.321 e. The molecule has 3 N–H and O–H groups in total. The van der Waals surface area contributed by atoms with Crippen LogP contribution >= 0.6 is 11.6 Å². The normalized spacial score (nSPS) is 20.0. The molecule has 1 aromatic heterocycles. The number of urea groups is 1. The number of carbonyl (C=O) groups is 2. The third kappa shape index (κ3) is 9.87. The molecule has 49 heavy (non-hydrogen) atoms. The summed E-state index contributed by atoms with van der Waals surface area (Å²) in [6, 6.07) is 9.35. The number of rotatable bonds is 8. The SMILES string of the molecule is Cc1noc(C)c1NC(=O)N(C)C[C@@H]1OCCCC[C@H](C)Oc2ccc(NS(=O)(=O)c3ccc(Cl)cc3)cc2C(=O)N([C@H](C)CO)C[C@@H]1C. The molecule has 0 radical (unpaired) electrons. The number of anilines is 2. The third-order valence-corrected chi connectivity index (χ3v) is 10.1. The van der Waals surface area contributed by atoms with Crippen LogP contribution in [0, 0.1) is 19.8 Å². The van der Waals surface area contributed by atoms with Gasteiger partial charge in [0.15, 0.2) is 5.76 Å². The summed E-state index contributed by atoms with van der Waals surface area (Å²) in [4.78, 5) is 30.6. The monoisotopic (exact) mass is 719 g/mol. The lowest BCUT2D eigenvalue weighted by Crippen LogP contribution is -2.48. The molecule has 3 aromatic rings. The van der Waals surface area contributed by atoms with Crippen LogP contribution in [-0.2, 0) is 14.8 Å². The molecule has 0 saturated heterocycles. The van der Waals surface area contributed by atoms with Gasteiger partial charge in [-0.2, -0.15) is 0 Å². The van der Waals surface area contributed by atoms with Crippen LogP contribution in [0.15, 0.2) is 51.9 Å². The summed E-state index contributed by atoms with van der Waals surface area (Å²) in [7, 11) is -2.34. The average Bonchev–Trinajstić information content (AvgIpc) is 3.38. The lowest BCUT2D eigenvalue weighted by atomic mass is 10.0. The van der Waals surface area contributed by atoms with Crippen molar-refractivity contribution < 1.29 is 37.1 Å². The van der Waals surface area contributed by atoms with Gasteiger partial charge in [0.25, 0.3) is 15.9 Å². The van der Waals surface area contributed by atoms with Gasteiger partial charge in [-0.05, 0) is 89.4 Å². The molecule has 1 aliphatic rings. The highest BCUT2D eigenvalue weighted by Gasteiger charge is 2.31. The van der Waals surface area contributed by atoms with E-state index < -0.39 is 28.1 Å². The molecule has 0 bridgehead atoms. The second kappa shape index (κ2) is 16.7. The number of sulfonamides is 1. The summed E-state index contributed by atoms with van der Waals surface area (Å²) in [5, 5.41) is 17.4. The van der Waals surface area contributed by atoms with Crippen LogP contribution < -0.4 is 14.8 Å². The molecule has 1 aliphatic heterocycles. The molecule has 3 amide bonds. The van der Waals surface area contributed by atoms with Crippen LogP contribution in [0.1, 0.15) is 61.8 Å². The van der Waals surface area contributed by atoms with Crippen molar-refractivity contribution in [3.8, 4) is 5.75 Å². The molecular weight excluding hydrogens is 674 g/mol. The number of ether oxygens (including phenoxy) is 2. The Hall–Kier alpha value is -3.85. The number of carbonyl (C=O) groups excluding carboxylic acids is 2. The van der Waals surface area contributed by atoms with Crippen molar-refractivity contribution in [3.63, 3.8) is 0 Å². The fourth-order valence-electron chi connectivity index (χ4n) is 5.49. The van der Waals surface area contributed by atoms with E-state index in [-0.39, 0.29) is 53.9 Å². The van der Waals surface area contributed by atoms with Crippen molar-refractivity contribution in [2.45, 2.75) is 77.0 Å². The number of benzene rings is 2. The number of hydrogen-bond acceptors (Lipinski definition) is 9. The molecule has 0 unspecified atom stereocenters. The van der Waals surface area contributed by atoms with E-state index in [1.807, 2.05) is 13.8 Å². The van der Waals surface area contributed by atoms with Gasteiger partial charge in [0, 0.05) is 43.4 Å². The zero-order valence-electron chi connectivity index (χ0n) is 28.7. The quantitative estimate of drug-likeness (QED) is 0.265. The van der Waals surface area contributed by atoms with E-state index in [2.05, 4.69) is 15.2 Å². The fraction of sp³-hybridized carbons (Fsp3) is 0.500. The maximum Gasteiger partial charge on any atom is 0.321 e. The minimum absolute atomic E-state index is 0.00827. The minimum atomic E-state index is -4.00. The number of amides is 3. The van der Waals surface area contributed by atoms with Crippen LogP contribution in [0.4, 0.5) is 16.2 Å². The second-order valence-corrected chi connectivity index (χ2v) is 14.7. The molecule has 2 aromatic carbocycles. The number of likely N-dealkylation sites (N-methyl/N-ethyl adjacent to an activating group) is 1. The number of aliphatic hydroxyl groups excluding tert-OH is 1. The van der Waals surface area contributed by atoms with Crippen LogP contribution in [0.2, 0.25) is 5.02 Å². The molecule has 0 saturated carbocycles. The van der Waals surface area contributed by atoms with Crippen LogP contribution in [0.25, 0.3) is 0 Å². The van der Waals surface area contributed by atoms with Gasteiger partial charge >= 0.3 is 6.03 Å². The average molecular weight is 720 g/mol. The third-order valence-electron chi connectivity index (χ3n) is 8.49. The predicted molar refractivity (Wildman–Crippen MR) is 187 cm³/mol. The Morgan fingerprint density at radius 1 is 1.16 bits per heavy atom. The Balaban J connectivity index is 1.63. The van der Waals surface area contributed by atoms with Crippen LogP contribution in [0.3, 0.4) is 0 Å². The first-order chi connectivity index (χ1) is 23.2. The van der Waals surface area contributed by atoms with E-state index in [4.69, 9.17) is 25.6 Å². The van der Waals surface area contributed by atoms with E-state index in [9.17, 15) is 23.1 Å². The van der Waals surface area contributed by atoms with Crippen molar-refractivity contribution in [1.29, 1.82) is 0 Å². The van der Waals surface area contributed by atoms with Gasteiger partial charge in [0.1, 0.15) is 17.1 Å². The number of halogens is 1. The molecule has 0 fully saturated rings. The molecule has 2 heterocycles.